The first-order chi connectivity index (χ1) is 9.15. The minimum Gasteiger partial charge on any atom is -0.495 e. The Morgan fingerprint density at radius 1 is 1.21 bits per heavy atom. The summed E-state index contributed by atoms with van der Waals surface area (Å²) in [6.07, 6.45) is 1.35. The molecule has 0 unspecified atom stereocenters. The van der Waals surface area contributed by atoms with E-state index >= 15 is 0 Å². The van der Waals surface area contributed by atoms with Crippen LogP contribution in [0.5, 0.6) is 11.5 Å². The first-order valence-electron chi connectivity index (χ1n) is 5.40. The van der Waals surface area contributed by atoms with Gasteiger partial charge in [-0.25, -0.2) is 9.97 Å². The van der Waals surface area contributed by atoms with E-state index in [0.29, 0.717) is 22.3 Å². The lowest BCUT2D eigenvalue weighted by Gasteiger charge is -2.12. The molecule has 3 N–H and O–H groups in total. The summed E-state index contributed by atoms with van der Waals surface area (Å²) in [5.74, 6) is 1.71. The second-order valence-corrected chi connectivity index (χ2v) is 4.02. The number of nitrogens with zero attached hydrogens (tertiary/aromatic N) is 2. The van der Waals surface area contributed by atoms with Crippen LogP contribution in [0.1, 0.15) is 0 Å². The van der Waals surface area contributed by atoms with Gasteiger partial charge in [0.1, 0.15) is 12.1 Å². The van der Waals surface area contributed by atoms with Crippen LogP contribution in [-0.4, -0.2) is 24.2 Å². The van der Waals surface area contributed by atoms with Crippen molar-refractivity contribution in [3.8, 4) is 11.5 Å². The number of methoxy groups -OCH3 is 2. The van der Waals surface area contributed by atoms with Gasteiger partial charge in [0.25, 0.3) is 0 Å². The molecular weight excluding hydrogens is 268 g/mol. The van der Waals surface area contributed by atoms with Crippen molar-refractivity contribution in [3.05, 3.63) is 29.5 Å². The average Bonchev–Trinajstić information content (AvgIpc) is 2.39. The summed E-state index contributed by atoms with van der Waals surface area (Å²) in [6, 6.07) is 5.28. The quantitative estimate of drug-likeness (QED) is 0.895. The second kappa shape index (κ2) is 5.62. The van der Waals surface area contributed by atoms with E-state index < -0.39 is 0 Å². The van der Waals surface area contributed by atoms with Crippen molar-refractivity contribution in [2.75, 3.05) is 25.3 Å². The summed E-state index contributed by atoms with van der Waals surface area (Å²) in [4.78, 5) is 7.93. The van der Waals surface area contributed by atoms with E-state index in [1.807, 2.05) is 6.07 Å². The van der Waals surface area contributed by atoms with Crippen LogP contribution in [0.4, 0.5) is 17.3 Å². The van der Waals surface area contributed by atoms with Crippen LogP contribution in [0.15, 0.2) is 24.5 Å². The Bertz CT molecular complexity index is 592. The number of halogens is 1. The summed E-state index contributed by atoms with van der Waals surface area (Å²) < 4.78 is 10.2. The normalized spacial score (nSPS) is 10.1. The zero-order valence-electron chi connectivity index (χ0n) is 10.5. The fourth-order valence-corrected chi connectivity index (χ4v) is 1.82. The highest BCUT2D eigenvalue weighted by Gasteiger charge is 2.10. The highest BCUT2D eigenvalue weighted by Crippen LogP contribution is 2.32. The summed E-state index contributed by atoms with van der Waals surface area (Å²) >= 11 is 6.05. The molecule has 1 aromatic heterocycles. The van der Waals surface area contributed by atoms with E-state index in [1.54, 1.807) is 19.2 Å². The maximum absolute atomic E-state index is 6.05. The Balaban J connectivity index is 2.31. The molecule has 0 aliphatic rings. The van der Waals surface area contributed by atoms with Gasteiger partial charge in [0, 0.05) is 5.69 Å². The van der Waals surface area contributed by atoms with Crippen molar-refractivity contribution >= 4 is 28.9 Å². The molecule has 2 aromatic rings. The van der Waals surface area contributed by atoms with Crippen LogP contribution in [-0.2, 0) is 0 Å². The van der Waals surface area contributed by atoms with Gasteiger partial charge >= 0.3 is 0 Å². The molecule has 0 bridgehead atoms. The predicted molar refractivity (Wildman–Crippen MR) is 74.3 cm³/mol. The van der Waals surface area contributed by atoms with E-state index in [4.69, 9.17) is 26.8 Å². The van der Waals surface area contributed by atoms with Crippen LogP contribution >= 0.6 is 11.6 Å². The van der Waals surface area contributed by atoms with Gasteiger partial charge in [-0.1, -0.05) is 11.6 Å². The number of nitrogens with one attached hydrogen (secondary N) is 1. The molecule has 1 heterocycles. The zero-order valence-corrected chi connectivity index (χ0v) is 11.2. The van der Waals surface area contributed by atoms with Gasteiger partial charge in [-0.05, 0) is 18.2 Å². The number of benzene rings is 1. The third-order valence-corrected chi connectivity index (χ3v) is 2.75. The molecule has 0 amide bonds. The second-order valence-electron chi connectivity index (χ2n) is 3.62. The lowest BCUT2D eigenvalue weighted by atomic mass is 10.3. The fraction of sp³-hybridized carbons (Fsp3) is 0.167. The van der Waals surface area contributed by atoms with Crippen molar-refractivity contribution in [2.24, 2.45) is 0 Å². The van der Waals surface area contributed by atoms with Crippen LogP contribution in [0.2, 0.25) is 5.02 Å². The van der Waals surface area contributed by atoms with Gasteiger partial charge in [0.2, 0.25) is 5.75 Å². The van der Waals surface area contributed by atoms with Gasteiger partial charge in [-0.2, -0.15) is 0 Å². The Hall–Kier alpha value is -2.21. The van der Waals surface area contributed by atoms with E-state index in [-0.39, 0.29) is 5.82 Å². The smallest absolute Gasteiger partial charge is 0.204 e. The highest BCUT2D eigenvalue weighted by atomic mass is 35.5. The molecule has 0 atom stereocenters. The molecule has 19 heavy (non-hydrogen) atoms. The zero-order chi connectivity index (χ0) is 13.8. The standard InChI is InChI=1S/C12H13ClN4O2/c1-18-9-4-3-7(5-8(9)13)17-12-10(19-2)11(14)15-6-16-12/h3-6H,1-2H3,(H3,14,15,16,17). The topological polar surface area (TPSA) is 82.3 Å². The lowest BCUT2D eigenvalue weighted by Crippen LogP contribution is -2.02. The van der Waals surface area contributed by atoms with Gasteiger partial charge in [0.15, 0.2) is 11.6 Å². The van der Waals surface area contributed by atoms with Crippen molar-refractivity contribution in [1.29, 1.82) is 0 Å². The molecule has 1 aromatic carbocycles. The molecular formula is C12H13ClN4O2. The predicted octanol–water partition coefficient (Wildman–Crippen LogP) is 2.47. The Morgan fingerprint density at radius 3 is 2.63 bits per heavy atom. The van der Waals surface area contributed by atoms with Crippen LogP contribution in [0, 0.1) is 0 Å². The maximum atomic E-state index is 6.05. The molecule has 2 rings (SSSR count). The Kier molecular flexibility index (Phi) is 3.91. The van der Waals surface area contributed by atoms with Gasteiger partial charge in [-0.15, -0.1) is 0 Å². The van der Waals surface area contributed by atoms with E-state index in [2.05, 4.69) is 15.3 Å². The van der Waals surface area contributed by atoms with Crippen molar-refractivity contribution < 1.29 is 9.47 Å². The summed E-state index contributed by atoms with van der Waals surface area (Å²) in [6.45, 7) is 0. The van der Waals surface area contributed by atoms with Gasteiger partial charge in [0.05, 0.1) is 19.2 Å². The fourth-order valence-electron chi connectivity index (χ4n) is 1.56. The largest absolute Gasteiger partial charge is 0.495 e. The first kappa shape index (κ1) is 13.2. The summed E-state index contributed by atoms with van der Waals surface area (Å²) in [7, 11) is 3.06. The third kappa shape index (κ3) is 2.79. The minimum absolute atomic E-state index is 0.264. The number of aromatic nitrogens is 2. The SMILES string of the molecule is COc1ccc(Nc2ncnc(N)c2OC)cc1Cl. The molecule has 7 heteroatoms. The lowest BCUT2D eigenvalue weighted by molar-refractivity contribution is 0.415. The molecule has 0 saturated carbocycles. The number of anilines is 3. The number of ether oxygens (including phenoxy) is 2. The molecule has 6 nitrogen and oxygen atoms in total. The number of rotatable bonds is 4. The number of nitrogens with two attached hydrogens (primary N) is 1. The molecule has 100 valence electrons. The molecule has 0 radical (unpaired) electrons. The highest BCUT2D eigenvalue weighted by molar-refractivity contribution is 6.32. The van der Waals surface area contributed by atoms with E-state index in [1.165, 1.54) is 13.4 Å². The summed E-state index contributed by atoms with van der Waals surface area (Å²) in [5.41, 5.74) is 6.44. The molecule has 0 aliphatic heterocycles. The molecule has 0 spiro atoms. The van der Waals surface area contributed by atoms with E-state index in [0.717, 1.165) is 5.69 Å². The van der Waals surface area contributed by atoms with Crippen LogP contribution < -0.4 is 20.5 Å². The molecule has 0 fully saturated rings. The molecule has 0 saturated heterocycles. The average molecular weight is 281 g/mol. The molecule has 0 aliphatic carbocycles. The number of nitrogen functional groups attached to an aromatic ring is 1. The maximum Gasteiger partial charge on any atom is 0.204 e. The van der Waals surface area contributed by atoms with E-state index in [9.17, 15) is 0 Å². The van der Waals surface area contributed by atoms with Crippen LogP contribution in [0.3, 0.4) is 0 Å². The Labute approximate surface area is 115 Å². The number of hydrogen-bond donors (Lipinski definition) is 2. The monoisotopic (exact) mass is 280 g/mol. The van der Waals surface area contributed by atoms with Crippen molar-refractivity contribution in [2.45, 2.75) is 0 Å². The van der Waals surface area contributed by atoms with Crippen molar-refractivity contribution in [1.82, 2.24) is 9.97 Å². The van der Waals surface area contributed by atoms with Crippen LogP contribution in [0.25, 0.3) is 0 Å². The number of hydrogen-bond acceptors (Lipinski definition) is 6. The Morgan fingerprint density at radius 2 is 2.00 bits per heavy atom. The van der Waals surface area contributed by atoms with Gasteiger partial charge in [-0.3, -0.25) is 0 Å². The summed E-state index contributed by atoms with van der Waals surface area (Å²) in [5, 5.41) is 3.55. The third-order valence-electron chi connectivity index (χ3n) is 2.45. The first-order valence-corrected chi connectivity index (χ1v) is 5.78. The minimum atomic E-state index is 0.264. The van der Waals surface area contributed by atoms with Crippen molar-refractivity contribution in [3.63, 3.8) is 0 Å². The van der Waals surface area contributed by atoms with Gasteiger partial charge < -0.3 is 20.5 Å².